The molecule has 0 spiro atoms. The van der Waals surface area contributed by atoms with Crippen LogP contribution < -0.4 is 11.5 Å². The van der Waals surface area contributed by atoms with Crippen LogP contribution in [0.3, 0.4) is 0 Å². The average Bonchev–Trinajstić information content (AvgIpc) is 2.77. The van der Waals surface area contributed by atoms with Crippen molar-refractivity contribution in [3.05, 3.63) is 57.6 Å². The summed E-state index contributed by atoms with van der Waals surface area (Å²) in [6.45, 7) is 7.52. The first-order valence-corrected chi connectivity index (χ1v) is 11.6. The van der Waals surface area contributed by atoms with Crippen molar-refractivity contribution < 1.29 is 17.6 Å². The smallest absolute Gasteiger partial charge is 0.339 e. The van der Waals surface area contributed by atoms with Gasteiger partial charge in [0.05, 0.1) is 0 Å². The van der Waals surface area contributed by atoms with E-state index in [9.17, 15) is 0 Å². The molecule has 0 amide bonds. The highest BCUT2D eigenvalue weighted by Crippen LogP contribution is 2.51. The van der Waals surface area contributed by atoms with Gasteiger partial charge in [0.15, 0.2) is 0 Å². The summed E-state index contributed by atoms with van der Waals surface area (Å²) in [5.41, 5.74) is 13.7. The Hall–Kier alpha value is -2.24. The molecule has 0 bridgehead atoms. The molecule has 4 N–H and O–H groups in total. The van der Waals surface area contributed by atoms with Gasteiger partial charge in [-0.1, -0.05) is 40.5 Å². The summed E-state index contributed by atoms with van der Waals surface area (Å²) in [4.78, 5) is 0. The summed E-state index contributed by atoms with van der Waals surface area (Å²) in [6, 6.07) is 4.59. The van der Waals surface area contributed by atoms with Gasteiger partial charge in [0.1, 0.15) is 0 Å². The van der Waals surface area contributed by atoms with Gasteiger partial charge in [0.25, 0.3) is 0 Å². The average molecular weight is 453 g/mol. The Balaban J connectivity index is 2.62. The van der Waals surface area contributed by atoms with Crippen LogP contribution in [0.1, 0.15) is 86.8 Å². The maximum atomic E-state index is 15.5. The summed E-state index contributed by atoms with van der Waals surface area (Å²) < 4.78 is 61.9. The molecular formula is C26H36F4N2. The zero-order chi connectivity index (χ0) is 24.1. The van der Waals surface area contributed by atoms with Crippen LogP contribution in [0.2, 0.25) is 0 Å². The predicted octanol–water partition coefficient (Wildman–Crippen LogP) is 7.54. The van der Waals surface area contributed by atoms with Gasteiger partial charge >= 0.3 is 11.8 Å². The van der Waals surface area contributed by atoms with Crippen molar-refractivity contribution >= 4 is 11.4 Å². The fourth-order valence-corrected chi connectivity index (χ4v) is 4.02. The molecule has 0 aliphatic heterocycles. The molecule has 2 rings (SSSR count). The van der Waals surface area contributed by atoms with Gasteiger partial charge in [-0.05, 0) is 85.0 Å². The largest absolute Gasteiger partial charge is 0.398 e. The molecule has 2 aromatic rings. The number of rotatable bonds is 11. The van der Waals surface area contributed by atoms with Crippen LogP contribution in [0.25, 0.3) is 0 Å². The number of hydrogen-bond donors (Lipinski definition) is 2. The van der Waals surface area contributed by atoms with E-state index < -0.39 is 23.0 Å². The fourth-order valence-electron chi connectivity index (χ4n) is 4.02. The van der Waals surface area contributed by atoms with Crippen molar-refractivity contribution in [2.45, 2.75) is 90.9 Å². The molecular weight excluding hydrogens is 416 g/mol. The second-order valence-corrected chi connectivity index (χ2v) is 8.48. The summed E-state index contributed by atoms with van der Waals surface area (Å²) >= 11 is 0. The van der Waals surface area contributed by atoms with E-state index in [1.165, 1.54) is 0 Å². The van der Waals surface area contributed by atoms with Crippen molar-refractivity contribution in [1.82, 2.24) is 0 Å². The Labute approximate surface area is 189 Å². The summed E-state index contributed by atoms with van der Waals surface area (Å²) in [5.74, 6) is -8.79. The molecule has 0 aromatic heterocycles. The molecule has 6 heteroatoms. The van der Waals surface area contributed by atoms with Crippen molar-refractivity contribution in [2.75, 3.05) is 11.5 Å². The van der Waals surface area contributed by atoms with Crippen LogP contribution in [-0.2, 0) is 37.5 Å². The predicted molar refractivity (Wildman–Crippen MR) is 125 cm³/mol. The van der Waals surface area contributed by atoms with Crippen LogP contribution in [0.15, 0.2) is 24.3 Å². The minimum Gasteiger partial charge on any atom is -0.398 e. The monoisotopic (exact) mass is 452 g/mol. The second kappa shape index (κ2) is 10.6. The van der Waals surface area contributed by atoms with Crippen LogP contribution >= 0.6 is 0 Å². The zero-order valence-electron chi connectivity index (χ0n) is 19.6. The normalized spacial score (nSPS) is 12.4. The molecule has 32 heavy (non-hydrogen) atoms. The van der Waals surface area contributed by atoms with Gasteiger partial charge in [0.2, 0.25) is 0 Å². The van der Waals surface area contributed by atoms with Crippen LogP contribution in [0.4, 0.5) is 28.9 Å². The Morgan fingerprint density at radius 2 is 0.906 bits per heavy atom. The highest BCUT2D eigenvalue weighted by molar-refractivity contribution is 5.59. The first kappa shape index (κ1) is 26.0. The molecule has 0 atom stereocenters. The first-order valence-electron chi connectivity index (χ1n) is 11.6. The molecule has 0 saturated heterocycles. The summed E-state index contributed by atoms with van der Waals surface area (Å²) in [5, 5.41) is 0. The van der Waals surface area contributed by atoms with Crippen molar-refractivity contribution in [3.8, 4) is 0 Å². The number of alkyl halides is 4. The van der Waals surface area contributed by atoms with Gasteiger partial charge in [-0.15, -0.1) is 0 Å². The lowest BCUT2D eigenvalue weighted by Gasteiger charge is -2.29. The molecule has 0 heterocycles. The third kappa shape index (κ3) is 5.05. The first-order chi connectivity index (χ1) is 15.0. The molecule has 0 radical (unpaired) electrons. The number of aryl methyl sites for hydroxylation is 4. The minimum atomic E-state index is -4.39. The SMILES string of the molecule is CCCCc1cc(C(F)(F)C(F)(F)c2cc(CC)c(N)c(CCCC)c2)cc(CC)c1N. The number of halogens is 4. The van der Waals surface area contributed by atoms with E-state index in [4.69, 9.17) is 11.5 Å². The van der Waals surface area contributed by atoms with E-state index in [2.05, 4.69) is 0 Å². The van der Waals surface area contributed by atoms with E-state index >= 15 is 17.6 Å². The summed E-state index contributed by atoms with van der Waals surface area (Å²) in [6.07, 6.45) is 4.94. The number of nitrogen functional groups attached to an aromatic ring is 2. The van der Waals surface area contributed by atoms with E-state index in [0.717, 1.165) is 49.9 Å². The van der Waals surface area contributed by atoms with Gasteiger partial charge in [-0.25, -0.2) is 0 Å². The van der Waals surface area contributed by atoms with Crippen LogP contribution in [0.5, 0.6) is 0 Å². The molecule has 0 saturated carbocycles. The summed E-state index contributed by atoms with van der Waals surface area (Å²) in [7, 11) is 0. The van der Waals surface area contributed by atoms with Gasteiger partial charge in [0, 0.05) is 22.5 Å². The van der Waals surface area contributed by atoms with Gasteiger partial charge in [-0.2, -0.15) is 17.6 Å². The van der Waals surface area contributed by atoms with Crippen molar-refractivity contribution in [1.29, 1.82) is 0 Å². The number of anilines is 2. The lowest BCUT2D eigenvalue weighted by Crippen LogP contribution is -2.36. The van der Waals surface area contributed by atoms with Crippen molar-refractivity contribution in [2.24, 2.45) is 0 Å². The lowest BCUT2D eigenvalue weighted by atomic mass is 9.88. The van der Waals surface area contributed by atoms with Gasteiger partial charge in [-0.3, -0.25) is 0 Å². The third-order valence-corrected chi connectivity index (χ3v) is 6.18. The number of hydrogen-bond acceptors (Lipinski definition) is 2. The Morgan fingerprint density at radius 3 is 1.19 bits per heavy atom. The standard InChI is InChI=1S/C26H36F4N2/c1-5-9-11-19-15-21(13-17(7-3)23(19)31)25(27,28)26(29,30)22-14-18(8-4)24(32)20(16-22)12-10-6-2/h13-16H,5-12,31-32H2,1-4H3. The highest BCUT2D eigenvalue weighted by Gasteiger charge is 2.59. The molecule has 0 aliphatic carbocycles. The molecule has 2 aromatic carbocycles. The maximum Gasteiger partial charge on any atom is 0.339 e. The van der Waals surface area contributed by atoms with E-state index in [1.807, 2.05) is 13.8 Å². The molecule has 0 aliphatic rings. The molecule has 0 fully saturated rings. The maximum absolute atomic E-state index is 15.5. The topological polar surface area (TPSA) is 52.0 Å². The zero-order valence-corrected chi connectivity index (χ0v) is 19.6. The Kier molecular flexibility index (Phi) is 8.60. The molecule has 0 unspecified atom stereocenters. The van der Waals surface area contributed by atoms with Crippen molar-refractivity contribution in [3.63, 3.8) is 0 Å². The van der Waals surface area contributed by atoms with Gasteiger partial charge < -0.3 is 11.5 Å². The number of unbranched alkanes of at least 4 members (excludes halogenated alkanes) is 2. The quantitative estimate of drug-likeness (QED) is 0.273. The minimum absolute atomic E-state index is 0.392. The van der Waals surface area contributed by atoms with E-state index in [0.29, 0.717) is 59.3 Å². The number of benzene rings is 2. The van der Waals surface area contributed by atoms with Crippen LogP contribution in [0, 0.1) is 0 Å². The Morgan fingerprint density at radius 1 is 0.594 bits per heavy atom. The fraction of sp³-hybridized carbons (Fsp3) is 0.538. The lowest BCUT2D eigenvalue weighted by molar-refractivity contribution is -0.224. The molecule has 178 valence electrons. The third-order valence-electron chi connectivity index (χ3n) is 6.18. The van der Waals surface area contributed by atoms with Crippen LogP contribution in [-0.4, -0.2) is 0 Å². The van der Waals surface area contributed by atoms with E-state index in [-0.39, 0.29) is 0 Å². The second-order valence-electron chi connectivity index (χ2n) is 8.48. The highest BCUT2D eigenvalue weighted by atomic mass is 19.3. The molecule has 2 nitrogen and oxygen atoms in total. The van der Waals surface area contributed by atoms with E-state index in [1.54, 1.807) is 13.8 Å². The number of nitrogens with two attached hydrogens (primary N) is 2. The Bertz CT molecular complexity index is 847.